The molecule has 0 unspecified atom stereocenters. The standard InChI is InChI=1S/C19H16N8O/c20-16-7-14(18-19(23-16)25-26-24-18)6-12-8-21-27(10-12)9-11-1-3-15-13(5-11)2-4-17(28)22-15/h1-5,7-8,10H,6,9H2,(H,22,28)(H3,20,23,24,25,26). The first-order chi connectivity index (χ1) is 13.6. The number of aromatic nitrogens is 7. The van der Waals surface area contributed by atoms with E-state index in [0.717, 1.165) is 27.6 Å². The second-order valence-electron chi connectivity index (χ2n) is 6.68. The summed E-state index contributed by atoms with van der Waals surface area (Å²) >= 11 is 0. The van der Waals surface area contributed by atoms with Crippen LogP contribution >= 0.6 is 0 Å². The summed E-state index contributed by atoms with van der Waals surface area (Å²) in [7, 11) is 0. The summed E-state index contributed by atoms with van der Waals surface area (Å²) in [6.07, 6.45) is 4.47. The Kier molecular flexibility index (Phi) is 3.64. The van der Waals surface area contributed by atoms with Crippen LogP contribution in [-0.4, -0.2) is 35.2 Å². The fourth-order valence-corrected chi connectivity index (χ4v) is 3.35. The summed E-state index contributed by atoms with van der Waals surface area (Å²) in [5, 5.41) is 16.1. The van der Waals surface area contributed by atoms with E-state index in [0.29, 0.717) is 29.9 Å². The molecule has 0 aliphatic carbocycles. The molecule has 5 rings (SSSR count). The minimum absolute atomic E-state index is 0.102. The van der Waals surface area contributed by atoms with E-state index >= 15 is 0 Å². The Bertz CT molecular complexity index is 1360. The van der Waals surface area contributed by atoms with Gasteiger partial charge in [0.15, 0.2) is 5.65 Å². The summed E-state index contributed by atoms with van der Waals surface area (Å²) in [6.45, 7) is 0.632. The van der Waals surface area contributed by atoms with Gasteiger partial charge in [-0.1, -0.05) is 11.3 Å². The van der Waals surface area contributed by atoms with Gasteiger partial charge in [0, 0.05) is 24.2 Å². The number of nitrogens with zero attached hydrogens (tertiary/aromatic N) is 5. The van der Waals surface area contributed by atoms with Crippen LogP contribution in [0.2, 0.25) is 0 Å². The number of anilines is 1. The van der Waals surface area contributed by atoms with Crippen molar-refractivity contribution in [2.24, 2.45) is 0 Å². The third kappa shape index (κ3) is 2.98. The van der Waals surface area contributed by atoms with Crippen molar-refractivity contribution in [3.63, 3.8) is 0 Å². The van der Waals surface area contributed by atoms with Gasteiger partial charge < -0.3 is 10.7 Å². The molecule has 9 heteroatoms. The van der Waals surface area contributed by atoms with Crippen molar-refractivity contribution in [3.05, 3.63) is 75.8 Å². The number of nitrogen functional groups attached to an aromatic ring is 1. The van der Waals surface area contributed by atoms with E-state index in [1.165, 1.54) is 6.07 Å². The van der Waals surface area contributed by atoms with Crippen LogP contribution in [0.1, 0.15) is 16.7 Å². The maximum absolute atomic E-state index is 11.4. The lowest BCUT2D eigenvalue weighted by Crippen LogP contribution is -2.03. The maximum Gasteiger partial charge on any atom is 0.248 e. The van der Waals surface area contributed by atoms with Crippen molar-refractivity contribution < 1.29 is 0 Å². The first-order valence-corrected chi connectivity index (χ1v) is 8.73. The van der Waals surface area contributed by atoms with Crippen molar-refractivity contribution in [1.82, 2.24) is 35.2 Å². The molecule has 138 valence electrons. The summed E-state index contributed by atoms with van der Waals surface area (Å²) < 4.78 is 1.88. The Morgan fingerprint density at radius 1 is 1.11 bits per heavy atom. The number of fused-ring (bicyclic) bond motifs is 2. The average Bonchev–Trinajstić information content (AvgIpc) is 3.31. The molecule has 9 nitrogen and oxygen atoms in total. The Hall–Kier alpha value is -4.01. The molecular weight excluding hydrogens is 356 g/mol. The molecule has 0 fully saturated rings. The van der Waals surface area contributed by atoms with E-state index in [1.54, 1.807) is 0 Å². The van der Waals surface area contributed by atoms with Crippen LogP contribution in [-0.2, 0) is 13.0 Å². The van der Waals surface area contributed by atoms with Gasteiger partial charge in [0.05, 0.1) is 12.7 Å². The second-order valence-corrected chi connectivity index (χ2v) is 6.68. The number of nitrogens with two attached hydrogens (primary N) is 1. The van der Waals surface area contributed by atoms with Gasteiger partial charge in [-0.05, 0) is 46.3 Å². The van der Waals surface area contributed by atoms with Crippen molar-refractivity contribution in [2.45, 2.75) is 13.0 Å². The zero-order valence-corrected chi connectivity index (χ0v) is 14.8. The van der Waals surface area contributed by atoms with Crippen LogP contribution in [0, 0.1) is 0 Å². The zero-order valence-electron chi connectivity index (χ0n) is 14.8. The van der Waals surface area contributed by atoms with E-state index < -0.39 is 0 Å². The molecule has 0 amide bonds. The number of benzene rings is 1. The lowest BCUT2D eigenvalue weighted by atomic mass is 10.1. The number of rotatable bonds is 4. The normalized spacial score (nSPS) is 11.4. The largest absolute Gasteiger partial charge is 0.384 e. The quantitative estimate of drug-likeness (QED) is 0.439. The molecule has 28 heavy (non-hydrogen) atoms. The first kappa shape index (κ1) is 16.2. The van der Waals surface area contributed by atoms with Gasteiger partial charge in [-0.15, -0.1) is 5.10 Å². The fourth-order valence-electron chi connectivity index (χ4n) is 3.35. The maximum atomic E-state index is 11.4. The van der Waals surface area contributed by atoms with Crippen LogP contribution in [0.25, 0.3) is 22.1 Å². The molecule has 0 atom stereocenters. The van der Waals surface area contributed by atoms with Crippen molar-refractivity contribution >= 4 is 27.9 Å². The van der Waals surface area contributed by atoms with Crippen LogP contribution in [0.5, 0.6) is 0 Å². The van der Waals surface area contributed by atoms with E-state index in [2.05, 4.69) is 36.5 Å². The number of pyridine rings is 2. The molecular formula is C19H16N8O. The average molecular weight is 372 g/mol. The third-order valence-corrected chi connectivity index (χ3v) is 4.61. The van der Waals surface area contributed by atoms with E-state index in [4.69, 9.17) is 5.73 Å². The summed E-state index contributed by atoms with van der Waals surface area (Å²) in [5.41, 5.74) is 11.0. The van der Waals surface area contributed by atoms with E-state index in [1.807, 2.05) is 41.3 Å². The number of nitrogens with one attached hydrogen (secondary N) is 2. The molecule has 4 heterocycles. The number of hydrogen-bond acceptors (Lipinski definition) is 6. The highest BCUT2D eigenvalue weighted by atomic mass is 16.1. The highest BCUT2D eigenvalue weighted by Crippen LogP contribution is 2.19. The molecule has 4 N–H and O–H groups in total. The third-order valence-electron chi connectivity index (χ3n) is 4.61. The van der Waals surface area contributed by atoms with Crippen molar-refractivity contribution in [1.29, 1.82) is 0 Å². The Morgan fingerprint density at radius 2 is 2.04 bits per heavy atom. The number of aromatic amines is 2. The fraction of sp³-hybridized carbons (Fsp3) is 0.105. The second kappa shape index (κ2) is 6.31. The SMILES string of the molecule is Nc1cc(Cc2cnn(Cc3ccc4[nH]c(=O)ccc4c3)c2)c2nn[nH]c2n1. The Morgan fingerprint density at radius 3 is 2.96 bits per heavy atom. The molecule has 5 aromatic rings. The monoisotopic (exact) mass is 372 g/mol. The van der Waals surface area contributed by atoms with Crippen molar-refractivity contribution in [2.75, 3.05) is 5.73 Å². The summed E-state index contributed by atoms with van der Waals surface area (Å²) in [5.74, 6) is 0.426. The van der Waals surface area contributed by atoms with Crippen LogP contribution in [0.4, 0.5) is 5.82 Å². The van der Waals surface area contributed by atoms with Gasteiger partial charge in [-0.25, -0.2) is 10.1 Å². The molecule has 0 saturated carbocycles. The van der Waals surface area contributed by atoms with Crippen LogP contribution in [0.3, 0.4) is 0 Å². The molecule has 0 radical (unpaired) electrons. The van der Waals surface area contributed by atoms with Crippen LogP contribution < -0.4 is 11.3 Å². The van der Waals surface area contributed by atoms with Gasteiger partial charge >= 0.3 is 0 Å². The minimum Gasteiger partial charge on any atom is -0.384 e. The van der Waals surface area contributed by atoms with Gasteiger partial charge in [0.25, 0.3) is 0 Å². The van der Waals surface area contributed by atoms with E-state index in [9.17, 15) is 4.79 Å². The van der Waals surface area contributed by atoms with E-state index in [-0.39, 0.29) is 5.56 Å². The van der Waals surface area contributed by atoms with Gasteiger partial charge in [0.2, 0.25) is 5.56 Å². The molecule has 1 aromatic carbocycles. The zero-order chi connectivity index (χ0) is 19.1. The summed E-state index contributed by atoms with van der Waals surface area (Å²) in [6, 6.07) is 11.1. The lowest BCUT2D eigenvalue weighted by Gasteiger charge is -2.04. The Labute approximate surface area is 158 Å². The van der Waals surface area contributed by atoms with Gasteiger partial charge in [0.1, 0.15) is 11.3 Å². The predicted molar refractivity (Wildman–Crippen MR) is 105 cm³/mol. The number of hydrogen-bond donors (Lipinski definition) is 3. The predicted octanol–water partition coefficient (Wildman–Crippen LogP) is 1.61. The topological polar surface area (TPSA) is 131 Å². The minimum atomic E-state index is -0.102. The highest BCUT2D eigenvalue weighted by molar-refractivity contribution is 5.79. The molecule has 0 spiro atoms. The first-order valence-electron chi connectivity index (χ1n) is 8.73. The molecule has 4 aromatic heterocycles. The number of H-pyrrole nitrogens is 2. The Balaban J connectivity index is 1.39. The summed E-state index contributed by atoms with van der Waals surface area (Å²) in [4.78, 5) is 18.4. The molecule has 0 saturated heterocycles. The smallest absolute Gasteiger partial charge is 0.248 e. The van der Waals surface area contributed by atoms with Crippen molar-refractivity contribution in [3.8, 4) is 0 Å². The lowest BCUT2D eigenvalue weighted by molar-refractivity contribution is 0.687. The molecule has 0 aliphatic heterocycles. The van der Waals surface area contributed by atoms with Gasteiger partial charge in [-0.2, -0.15) is 5.10 Å². The molecule has 0 bridgehead atoms. The molecule has 0 aliphatic rings. The highest BCUT2D eigenvalue weighted by Gasteiger charge is 2.10. The van der Waals surface area contributed by atoms with Gasteiger partial charge in [-0.3, -0.25) is 9.48 Å². The van der Waals surface area contributed by atoms with Crippen LogP contribution in [0.15, 0.2) is 53.6 Å².